The molecule has 0 spiro atoms. The van der Waals surface area contributed by atoms with Crippen LogP contribution in [0.5, 0.6) is 5.75 Å². The van der Waals surface area contributed by atoms with Crippen LogP contribution in [0, 0.1) is 0 Å². The van der Waals surface area contributed by atoms with Crippen molar-refractivity contribution in [2.45, 2.75) is 20.0 Å². The van der Waals surface area contributed by atoms with Gasteiger partial charge in [0.2, 0.25) is 0 Å². The van der Waals surface area contributed by atoms with Crippen LogP contribution in [0.25, 0.3) is 0 Å². The summed E-state index contributed by atoms with van der Waals surface area (Å²) in [6.07, 6.45) is -0.843. The molecule has 1 aromatic carbocycles. The van der Waals surface area contributed by atoms with Gasteiger partial charge in [0.25, 0.3) is 0 Å². The van der Waals surface area contributed by atoms with E-state index in [0.717, 1.165) is 6.92 Å². The van der Waals surface area contributed by atoms with E-state index in [-0.39, 0.29) is 0 Å². The predicted molar refractivity (Wildman–Crippen MR) is 58.3 cm³/mol. The van der Waals surface area contributed by atoms with E-state index in [0.29, 0.717) is 10.8 Å². The first-order chi connectivity index (χ1) is 7.49. The van der Waals surface area contributed by atoms with Gasteiger partial charge in [0.1, 0.15) is 5.75 Å². The minimum Gasteiger partial charge on any atom is -0.479 e. The monoisotopic (exact) mass is 242 g/mol. The normalized spacial score (nSPS) is 11.7. The second-order valence-corrected chi connectivity index (χ2v) is 3.56. The molecule has 0 aliphatic heterocycles. The number of ether oxygens (including phenoxy) is 2. The molecule has 0 aliphatic carbocycles. The molecule has 0 N–H and O–H groups in total. The van der Waals surface area contributed by atoms with Gasteiger partial charge in [-0.1, -0.05) is 11.6 Å². The van der Waals surface area contributed by atoms with E-state index >= 15 is 0 Å². The molecular formula is C11H11ClO4. The summed E-state index contributed by atoms with van der Waals surface area (Å²) in [5.41, 5.74) is 0. The highest BCUT2D eigenvalue weighted by atomic mass is 35.5. The van der Waals surface area contributed by atoms with Crippen molar-refractivity contribution in [1.82, 2.24) is 0 Å². The average Bonchev–Trinajstić information content (AvgIpc) is 2.20. The van der Waals surface area contributed by atoms with Crippen LogP contribution in [0.2, 0.25) is 5.02 Å². The Labute approximate surface area is 98.1 Å². The maximum atomic E-state index is 11.2. The molecule has 1 aromatic rings. The number of benzene rings is 1. The van der Waals surface area contributed by atoms with Gasteiger partial charge in [0.15, 0.2) is 6.10 Å². The summed E-state index contributed by atoms with van der Waals surface area (Å²) in [6, 6.07) is 6.53. The van der Waals surface area contributed by atoms with Gasteiger partial charge < -0.3 is 9.47 Å². The molecule has 1 unspecified atom stereocenters. The van der Waals surface area contributed by atoms with Crippen molar-refractivity contribution in [2.75, 3.05) is 0 Å². The van der Waals surface area contributed by atoms with E-state index in [4.69, 9.17) is 16.3 Å². The maximum absolute atomic E-state index is 11.2. The fraction of sp³-hybridized carbons (Fsp3) is 0.273. The topological polar surface area (TPSA) is 52.6 Å². The smallest absolute Gasteiger partial charge is 0.354 e. The van der Waals surface area contributed by atoms with Gasteiger partial charge in [-0.25, -0.2) is 4.79 Å². The number of halogens is 1. The van der Waals surface area contributed by atoms with Gasteiger partial charge in [-0.3, -0.25) is 4.79 Å². The van der Waals surface area contributed by atoms with Crippen molar-refractivity contribution in [3.63, 3.8) is 0 Å². The molecule has 4 nitrogen and oxygen atoms in total. The Bertz CT molecular complexity index is 385. The summed E-state index contributed by atoms with van der Waals surface area (Å²) >= 11 is 5.69. The van der Waals surface area contributed by atoms with Gasteiger partial charge in [-0.05, 0) is 31.2 Å². The number of rotatable bonds is 3. The number of hydrogen-bond acceptors (Lipinski definition) is 4. The second-order valence-electron chi connectivity index (χ2n) is 3.13. The molecule has 0 radical (unpaired) electrons. The highest BCUT2D eigenvalue weighted by Gasteiger charge is 2.17. The zero-order valence-corrected chi connectivity index (χ0v) is 9.65. The van der Waals surface area contributed by atoms with E-state index in [1.165, 1.54) is 6.92 Å². The Morgan fingerprint density at radius 2 is 1.81 bits per heavy atom. The fourth-order valence-corrected chi connectivity index (χ4v) is 1.12. The van der Waals surface area contributed by atoms with Crippen molar-refractivity contribution >= 4 is 23.5 Å². The summed E-state index contributed by atoms with van der Waals surface area (Å²) in [5.74, 6) is -0.892. The van der Waals surface area contributed by atoms with Crippen LogP contribution in [0.1, 0.15) is 13.8 Å². The van der Waals surface area contributed by atoms with E-state index in [1.807, 2.05) is 0 Å². The molecule has 16 heavy (non-hydrogen) atoms. The Morgan fingerprint density at radius 3 is 2.31 bits per heavy atom. The first kappa shape index (κ1) is 12.5. The Balaban J connectivity index is 2.57. The third-order valence-electron chi connectivity index (χ3n) is 1.70. The van der Waals surface area contributed by atoms with Gasteiger partial charge in [-0.15, -0.1) is 0 Å². The van der Waals surface area contributed by atoms with Gasteiger partial charge in [0, 0.05) is 11.9 Å². The lowest BCUT2D eigenvalue weighted by atomic mass is 10.3. The van der Waals surface area contributed by atoms with Crippen LogP contribution in [-0.4, -0.2) is 18.0 Å². The summed E-state index contributed by atoms with van der Waals surface area (Å²) in [5, 5.41) is 0.575. The first-order valence-electron chi connectivity index (χ1n) is 4.63. The van der Waals surface area contributed by atoms with Crippen molar-refractivity contribution in [2.24, 2.45) is 0 Å². The number of hydrogen-bond donors (Lipinski definition) is 0. The zero-order chi connectivity index (χ0) is 12.1. The lowest BCUT2D eigenvalue weighted by Crippen LogP contribution is -2.27. The molecule has 0 amide bonds. The van der Waals surface area contributed by atoms with Gasteiger partial charge in [0.05, 0.1) is 0 Å². The molecule has 0 aromatic heterocycles. The SMILES string of the molecule is CC(=O)OC(=O)C(C)Oc1ccc(Cl)cc1. The average molecular weight is 243 g/mol. The van der Waals surface area contributed by atoms with Gasteiger partial charge in [-0.2, -0.15) is 0 Å². The first-order valence-corrected chi connectivity index (χ1v) is 5.01. The van der Waals surface area contributed by atoms with Gasteiger partial charge >= 0.3 is 11.9 Å². The van der Waals surface area contributed by atoms with Crippen LogP contribution in [0.3, 0.4) is 0 Å². The van der Waals surface area contributed by atoms with E-state index < -0.39 is 18.0 Å². The van der Waals surface area contributed by atoms with Crippen LogP contribution < -0.4 is 4.74 Å². The molecular weight excluding hydrogens is 232 g/mol. The molecule has 5 heteroatoms. The van der Waals surface area contributed by atoms with Crippen LogP contribution in [-0.2, 0) is 14.3 Å². The van der Waals surface area contributed by atoms with Crippen LogP contribution in [0.4, 0.5) is 0 Å². The lowest BCUT2D eigenvalue weighted by molar-refractivity contribution is -0.162. The molecule has 0 fully saturated rings. The highest BCUT2D eigenvalue weighted by molar-refractivity contribution is 6.30. The molecule has 1 atom stereocenters. The quantitative estimate of drug-likeness (QED) is 0.602. The van der Waals surface area contributed by atoms with Crippen LogP contribution >= 0.6 is 11.6 Å². The molecule has 86 valence electrons. The summed E-state index contributed by atoms with van der Waals surface area (Å²) in [6.45, 7) is 2.66. The largest absolute Gasteiger partial charge is 0.479 e. The van der Waals surface area contributed by atoms with E-state index in [2.05, 4.69) is 4.74 Å². The summed E-state index contributed by atoms with van der Waals surface area (Å²) in [7, 11) is 0. The van der Waals surface area contributed by atoms with Crippen molar-refractivity contribution < 1.29 is 19.1 Å². The molecule has 0 saturated heterocycles. The lowest BCUT2D eigenvalue weighted by Gasteiger charge is -2.12. The molecule has 0 bridgehead atoms. The standard InChI is InChI=1S/C11H11ClO4/c1-7(11(14)16-8(2)13)15-10-5-3-9(12)4-6-10/h3-7H,1-2H3. The zero-order valence-electron chi connectivity index (χ0n) is 8.90. The van der Waals surface area contributed by atoms with Crippen molar-refractivity contribution in [3.8, 4) is 5.75 Å². The van der Waals surface area contributed by atoms with Crippen molar-refractivity contribution in [3.05, 3.63) is 29.3 Å². The third kappa shape index (κ3) is 3.90. The van der Waals surface area contributed by atoms with E-state index in [9.17, 15) is 9.59 Å². The number of carbonyl (C=O) groups excluding carboxylic acids is 2. The van der Waals surface area contributed by atoms with E-state index in [1.54, 1.807) is 24.3 Å². The van der Waals surface area contributed by atoms with Crippen molar-refractivity contribution in [1.29, 1.82) is 0 Å². The Kier molecular flexibility index (Phi) is 4.31. The molecule has 0 heterocycles. The number of esters is 2. The number of carbonyl (C=O) groups is 2. The fourth-order valence-electron chi connectivity index (χ4n) is 0.990. The Hall–Kier alpha value is -1.55. The minimum absolute atomic E-state index is 0.484. The maximum Gasteiger partial charge on any atom is 0.354 e. The minimum atomic E-state index is -0.843. The molecule has 0 saturated carbocycles. The third-order valence-corrected chi connectivity index (χ3v) is 1.95. The predicted octanol–water partition coefficient (Wildman–Crippen LogP) is 2.20. The highest BCUT2D eigenvalue weighted by Crippen LogP contribution is 2.16. The molecule has 0 aliphatic rings. The Morgan fingerprint density at radius 1 is 1.25 bits per heavy atom. The van der Waals surface area contributed by atoms with Crippen LogP contribution in [0.15, 0.2) is 24.3 Å². The second kappa shape index (κ2) is 5.51. The summed E-state index contributed by atoms with van der Waals surface area (Å²) < 4.78 is 9.63. The summed E-state index contributed by atoms with van der Waals surface area (Å²) in [4.78, 5) is 21.8. The molecule has 1 rings (SSSR count).